The molecule has 4 rings (SSSR count). The predicted molar refractivity (Wildman–Crippen MR) is 96.0 cm³/mol. The molecule has 5 nitrogen and oxygen atoms in total. The van der Waals surface area contributed by atoms with Gasteiger partial charge < -0.3 is 4.74 Å². The van der Waals surface area contributed by atoms with Gasteiger partial charge in [0.15, 0.2) is 4.34 Å². The molecule has 0 N–H and O–H groups in total. The Bertz CT molecular complexity index is 903. The van der Waals surface area contributed by atoms with Gasteiger partial charge >= 0.3 is 5.97 Å². The lowest BCUT2D eigenvalue weighted by molar-refractivity contribution is -0.142. The van der Waals surface area contributed by atoms with Crippen LogP contribution in [0.25, 0.3) is 10.2 Å². The fourth-order valence-electron chi connectivity index (χ4n) is 2.84. The molecular formula is C16H15N3O2S3. The summed E-state index contributed by atoms with van der Waals surface area (Å²) in [5.74, 6) is -0.237. The number of thiazole rings is 1. The Morgan fingerprint density at radius 1 is 1.38 bits per heavy atom. The van der Waals surface area contributed by atoms with Gasteiger partial charge in [0, 0.05) is 15.6 Å². The molecule has 0 fully saturated rings. The van der Waals surface area contributed by atoms with Gasteiger partial charge in [-0.25, -0.2) is 15.0 Å². The average molecular weight is 378 g/mol. The molecule has 3 aromatic heterocycles. The van der Waals surface area contributed by atoms with Crippen LogP contribution in [0.2, 0.25) is 0 Å². The average Bonchev–Trinajstić information content (AvgIpc) is 3.23. The molecule has 1 aliphatic carbocycles. The summed E-state index contributed by atoms with van der Waals surface area (Å²) in [4.78, 5) is 27.5. The van der Waals surface area contributed by atoms with Gasteiger partial charge in [-0.1, -0.05) is 0 Å². The zero-order chi connectivity index (χ0) is 16.5. The first-order valence-electron chi connectivity index (χ1n) is 7.77. The summed E-state index contributed by atoms with van der Waals surface area (Å²) < 4.78 is 5.87. The number of carbonyl (C=O) groups excluding carboxylic acids is 1. The Morgan fingerprint density at radius 2 is 2.29 bits per heavy atom. The van der Waals surface area contributed by atoms with Crippen LogP contribution in [-0.2, 0) is 28.8 Å². The van der Waals surface area contributed by atoms with E-state index in [9.17, 15) is 4.79 Å². The highest BCUT2D eigenvalue weighted by atomic mass is 32.2. The first-order valence-corrected chi connectivity index (χ1v) is 10.3. The molecule has 124 valence electrons. The third-order valence-corrected chi connectivity index (χ3v) is 7.00. The number of aromatic nitrogens is 3. The summed E-state index contributed by atoms with van der Waals surface area (Å²) in [6, 6.07) is 0. The predicted octanol–water partition coefficient (Wildman–Crippen LogP) is 3.89. The van der Waals surface area contributed by atoms with Crippen molar-refractivity contribution in [3.8, 4) is 0 Å². The first-order chi connectivity index (χ1) is 11.7. The van der Waals surface area contributed by atoms with Gasteiger partial charge in [-0.05, 0) is 43.5 Å². The van der Waals surface area contributed by atoms with Crippen molar-refractivity contribution in [3.05, 3.63) is 27.8 Å². The van der Waals surface area contributed by atoms with Crippen LogP contribution < -0.4 is 0 Å². The molecule has 24 heavy (non-hydrogen) atoms. The molecule has 0 atom stereocenters. The summed E-state index contributed by atoms with van der Waals surface area (Å²) >= 11 is 4.88. The van der Waals surface area contributed by atoms with Crippen molar-refractivity contribution >= 4 is 50.6 Å². The number of rotatable bonds is 5. The van der Waals surface area contributed by atoms with Gasteiger partial charge in [-0.15, -0.1) is 22.7 Å². The maximum absolute atomic E-state index is 11.6. The Morgan fingerprint density at radius 3 is 3.17 bits per heavy atom. The molecule has 0 unspecified atom stereocenters. The summed E-state index contributed by atoms with van der Waals surface area (Å²) in [6.07, 6.45) is 5.34. The molecule has 0 saturated carbocycles. The number of thiophene rings is 1. The van der Waals surface area contributed by atoms with E-state index in [4.69, 9.17) is 4.74 Å². The fourth-order valence-corrected chi connectivity index (χ4v) is 6.00. The zero-order valence-corrected chi connectivity index (χ0v) is 15.5. The van der Waals surface area contributed by atoms with Gasteiger partial charge in [0.25, 0.3) is 0 Å². The molecule has 0 aliphatic heterocycles. The molecule has 3 aromatic rings. The standard InChI is InChI=1S/C16H15N3O2S3/c1-2-21-12(20)6-9-7-22-16(19-9)24-15-13-10-4-3-5-11(10)23-14(13)17-8-18-15/h7-8H,2-6H2,1H3. The Kier molecular flexibility index (Phi) is 4.51. The van der Waals surface area contributed by atoms with Crippen molar-refractivity contribution in [3.63, 3.8) is 0 Å². The quantitative estimate of drug-likeness (QED) is 0.496. The molecule has 8 heteroatoms. The SMILES string of the molecule is CCOC(=O)Cc1csc(Sc2ncnc3sc4c(c23)CCC4)n1. The second-order valence-electron chi connectivity index (χ2n) is 5.40. The van der Waals surface area contributed by atoms with Crippen LogP contribution in [0.4, 0.5) is 0 Å². The maximum Gasteiger partial charge on any atom is 0.311 e. The molecule has 0 saturated heterocycles. The number of aryl methyl sites for hydroxylation is 2. The Labute approximate surface area is 151 Å². The van der Waals surface area contributed by atoms with E-state index in [1.54, 1.807) is 36.3 Å². The van der Waals surface area contributed by atoms with Crippen molar-refractivity contribution in [2.24, 2.45) is 0 Å². The molecule has 1 aliphatic rings. The lowest BCUT2D eigenvalue weighted by atomic mass is 10.2. The van der Waals surface area contributed by atoms with Gasteiger partial charge in [0.2, 0.25) is 0 Å². The third kappa shape index (κ3) is 3.05. The van der Waals surface area contributed by atoms with E-state index in [0.29, 0.717) is 6.61 Å². The minimum Gasteiger partial charge on any atom is -0.466 e. The van der Waals surface area contributed by atoms with Crippen LogP contribution in [0.15, 0.2) is 21.1 Å². The molecule has 0 bridgehead atoms. The molecular weight excluding hydrogens is 362 g/mol. The lowest BCUT2D eigenvalue weighted by Crippen LogP contribution is -2.07. The highest BCUT2D eigenvalue weighted by Gasteiger charge is 2.22. The number of fused-ring (bicyclic) bond motifs is 3. The van der Waals surface area contributed by atoms with Crippen LogP contribution in [-0.4, -0.2) is 27.5 Å². The number of hydrogen-bond donors (Lipinski definition) is 0. The van der Waals surface area contributed by atoms with E-state index < -0.39 is 0 Å². The van der Waals surface area contributed by atoms with Crippen LogP contribution in [0.3, 0.4) is 0 Å². The van der Waals surface area contributed by atoms with E-state index >= 15 is 0 Å². The second kappa shape index (κ2) is 6.78. The Balaban J connectivity index is 1.59. The van der Waals surface area contributed by atoms with E-state index in [-0.39, 0.29) is 12.4 Å². The summed E-state index contributed by atoms with van der Waals surface area (Å²) in [5, 5.41) is 4.08. The third-order valence-electron chi connectivity index (χ3n) is 3.81. The highest BCUT2D eigenvalue weighted by Crippen LogP contribution is 2.42. The van der Waals surface area contributed by atoms with Crippen molar-refractivity contribution in [1.82, 2.24) is 15.0 Å². The Hall–Kier alpha value is -1.51. The molecule has 0 radical (unpaired) electrons. The lowest BCUT2D eigenvalue weighted by Gasteiger charge is -2.01. The molecule has 3 heterocycles. The largest absolute Gasteiger partial charge is 0.466 e. The summed E-state index contributed by atoms with van der Waals surface area (Å²) in [6.45, 7) is 2.20. The van der Waals surface area contributed by atoms with Crippen LogP contribution in [0, 0.1) is 0 Å². The second-order valence-corrected chi connectivity index (χ2v) is 8.58. The van der Waals surface area contributed by atoms with E-state index in [0.717, 1.165) is 32.7 Å². The van der Waals surface area contributed by atoms with E-state index in [1.165, 1.54) is 33.6 Å². The van der Waals surface area contributed by atoms with Crippen LogP contribution >= 0.6 is 34.4 Å². The first kappa shape index (κ1) is 16.0. The van der Waals surface area contributed by atoms with Crippen LogP contribution in [0.1, 0.15) is 29.5 Å². The number of nitrogens with zero attached hydrogens (tertiary/aromatic N) is 3. The number of carbonyl (C=O) groups is 1. The molecule has 0 aromatic carbocycles. The van der Waals surface area contributed by atoms with Crippen molar-refractivity contribution in [1.29, 1.82) is 0 Å². The summed E-state index contributed by atoms with van der Waals surface area (Å²) in [7, 11) is 0. The normalized spacial score (nSPS) is 13.4. The minimum absolute atomic E-state index is 0.220. The monoisotopic (exact) mass is 377 g/mol. The number of hydrogen-bond acceptors (Lipinski definition) is 8. The highest BCUT2D eigenvalue weighted by molar-refractivity contribution is 8.01. The molecule has 0 spiro atoms. The maximum atomic E-state index is 11.6. The van der Waals surface area contributed by atoms with Gasteiger partial charge in [-0.3, -0.25) is 4.79 Å². The summed E-state index contributed by atoms with van der Waals surface area (Å²) in [5.41, 5.74) is 2.17. The fraction of sp³-hybridized carbons (Fsp3) is 0.375. The molecule has 0 amide bonds. The van der Waals surface area contributed by atoms with E-state index in [1.807, 2.05) is 5.38 Å². The minimum atomic E-state index is -0.237. The van der Waals surface area contributed by atoms with Crippen LogP contribution in [0.5, 0.6) is 0 Å². The van der Waals surface area contributed by atoms with Gasteiger partial charge in [0.05, 0.1) is 18.7 Å². The number of ether oxygens (including phenoxy) is 1. The van der Waals surface area contributed by atoms with Crippen molar-refractivity contribution < 1.29 is 9.53 Å². The number of esters is 1. The topological polar surface area (TPSA) is 65.0 Å². The zero-order valence-electron chi connectivity index (χ0n) is 13.1. The van der Waals surface area contributed by atoms with Crippen molar-refractivity contribution in [2.75, 3.05) is 6.61 Å². The van der Waals surface area contributed by atoms with E-state index in [2.05, 4.69) is 15.0 Å². The van der Waals surface area contributed by atoms with Crippen molar-refractivity contribution in [2.45, 2.75) is 42.0 Å². The smallest absolute Gasteiger partial charge is 0.311 e. The van der Waals surface area contributed by atoms with Gasteiger partial charge in [0.1, 0.15) is 16.2 Å². The van der Waals surface area contributed by atoms with Gasteiger partial charge in [-0.2, -0.15) is 0 Å².